The standard InChI is InChI=1S/C18H21N3O2S/c22-14-11-24-16(12-7-3-1-4-8-12)15-17(19-14)21(20-18(15)23)13-9-5-2-6-10-13/h1,3-4,7-8,13,16H,2,5-6,9-11H2,(H,19,22)(H,20,23). The first-order chi connectivity index (χ1) is 11.7. The Labute approximate surface area is 144 Å². The summed E-state index contributed by atoms with van der Waals surface area (Å²) in [5, 5.41) is 5.87. The maximum Gasteiger partial charge on any atom is 0.270 e. The van der Waals surface area contributed by atoms with Crippen LogP contribution in [0.25, 0.3) is 0 Å². The summed E-state index contributed by atoms with van der Waals surface area (Å²) < 4.78 is 1.93. The first-order valence-electron chi connectivity index (χ1n) is 8.55. The Hall–Kier alpha value is -1.95. The highest BCUT2D eigenvalue weighted by atomic mass is 32.2. The van der Waals surface area contributed by atoms with Crippen LogP contribution in [0.5, 0.6) is 0 Å². The zero-order valence-corrected chi connectivity index (χ0v) is 14.3. The maximum atomic E-state index is 12.7. The molecule has 2 heterocycles. The van der Waals surface area contributed by atoms with Crippen molar-refractivity contribution in [2.75, 3.05) is 11.1 Å². The lowest BCUT2D eigenvalue weighted by Crippen LogP contribution is -2.21. The van der Waals surface area contributed by atoms with Crippen molar-refractivity contribution < 1.29 is 4.79 Å². The number of fused-ring (bicyclic) bond motifs is 1. The van der Waals surface area contributed by atoms with Crippen LogP contribution in [-0.4, -0.2) is 21.4 Å². The van der Waals surface area contributed by atoms with Crippen molar-refractivity contribution in [1.82, 2.24) is 9.78 Å². The van der Waals surface area contributed by atoms with Gasteiger partial charge >= 0.3 is 0 Å². The van der Waals surface area contributed by atoms with Crippen molar-refractivity contribution in [3.63, 3.8) is 0 Å². The molecule has 1 aliphatic heterocycles. The number of hydrogen-bond acceptors (Lipinski definition) is 3. The third kappa shape index (κ3) is 2.79. The van der Waals surface area contributed by atoms with Gasteiger partial charge in [0.05, 0.1) is 22.6 Å². The van der Waals surface area contributed by atoms with Crippen LogP contribution in [0.15, 0.2) is 35.1 Å². The number of aromatic amines is 1. The quantitative estimate of drug-likeness (QED) is 0.877. The second kappa shape index (κ2) is 6.51. The highest BCUT2D eigenvalue weighted by Gasteiger charge is 2.32. The molecule has 5 nitrogen and oxygen atoms in total. The van der Waals surface area contributed by atoms with Crippen molar-refractivity contribution in [3.05, 3.63) is 51.8 Å². The Morgan fingerprint density at radius 2 is 1.79 bits per heavy atom. The fourth-order valence-electron chi connectivity index (χ4n) is 3.75. The van der Waals surface area contributed by atoms with E-state index in [0.29, 0.717) is 17.1 Å². The first kappa shape index (κ1) is 15.6. The summed E-state index contributed by atoms with van der Waals surface area (Å²) >= 11 is 1.52. The molecule has 1 aromatic carbocycles. The van der Waals surface area contributed by atoms with E-state index in [4.69, 9.17) is 0 Å². The summed E-state index contributed by atoms with van der Waals surface area (Å²) in [6, 6.07) is 10.2. The third-order valence-electron chi connectivity index (χ3n) is 4.91. The number of nitrogens with zero attached hydrogens (tertiary/aromatic N) is 1. The minimum absolute atomic E-state index is 0.0387. The van der Waals surface area contributed by atoms with E-state index in [-0.39, 0.29) is 22.8 Å². The molecule has 0 spiro atoms. The number of anilines is 1. The minimum atomic E-state index is -0.117. The molecule has 0 radical (unpaired) electrons. The van der Waals surface area contributed by atoms with Crippen LogP contribution in [0.4, 0.5) is 5.82 Å². The van der Waals surface area contributed by atoms with E-state index in [0.717, 1.165) is 18.4 Å². The number of rotatable bonds is 2. The Bertz CT molecular complexity index is 790. The summed E-state index contributed by atoms with van der Waals surface area (Å²) in [7, 11) is 0. The zero-order chi connectivity index (χ0) is 16.5. The molecule has 2 N–H and O–H groups in total. The largest absolute Gasteiger partial charge is 0.310 e. The molecule has 0 bridgehead atoms. The Morgan fingerprint density at radius 3 is 2.54 bits per heavy atom. The first-order valence-corrected chi connectivity index (χ1v) is 9.59. The predicted molar refractivity (Wildman–Crippen MR) is 96.5 cm³/mol. The zero-order valence-electron chi connectivity index (χ0n) is 13.5. The third-order valence-corrected chi connectivity index (χ3v) is 6.18. The van der Waals surface area contributed by atoms with Gasteiger partial charge in [0.2, 0.25) is 5.91 Å². The average Bonchev–Trinajstić information content (AvgIpc) is 2.83. The average molecular weight is 343 g/mol. The van der Waals surface area contributed by atoms with Crippen LogP contribution in [0.3, 0.4) is 0 Å². The fraction of sp³-hybridized carbons (Fsp3) is 0.444. The Morgan fingerprint density at radius 1 is 1.04 bits per heavy atom. The number of thioether (sulfide) groups is 1. The normalized spacial score (nSPS) is 21.8. The van der Waals surface area contributed by atoms with E-state index in [9.17, 15) is 9.59 Å². The second-order valence-electron chi connectivity index (χ2n) is 6.51. The van der Waals surface area contributed by atoms with Gasteiger partial charge in [0.1, 0.15) is 5.82 Å². The van der Waals surface area contributed by atoms with E-state index in [2.05, 4.69) is 10.4 Å². The number of carbonyl (C=O) groups excluding carboxylic acids is 1. The van der Waals surface area contributed by atoms with Gasteiger partial charge in [-0.2, -0.15) is 0 Å². The van der Waals surface area contributed by atoms with Crippen LogP contribution in [-0.2, 0) is 4.79 Å². The van der Waals surface area contributed by atoms with Gasteiger partial charge in [-0.25, -0.2) is 0 Å². The summed E-state index contributed by atoms with van der Waals surface area (Å²) in [6.07, 6.45) is 5.69. The lowest BCUT2D eigenvalue weighted by molar-refractivity contribution is -0.113. The van der Waals surface area contributed by atoms with Gasteiger partial charge in [0.25, 0.3) is 5.56 Å². The van der Waals surface area contributed by atoms with Crippen LogP contribution >= 0.6 is 11.8 Å². The Kier molecular flexibility index (Phi) is 4.22. The van der Waals surface area contributed by atoms with E-state index < -0.39 is 0 Å². The molecule has 1 fully saturated rings. The molecule has 2 aromatic rings. The molecule has 0 saturated heterocycles. The smallest absolute Gasteiger partial charge is 0.270 e. The van der Waals surface area contributed by atoms with E-state index in [1.165, 1.54) is 31.0 Å². The molecule has 6 heteroatoms. The van der Waals surface area contributed by atoms with Crippen molar-refractivity contribution in [1.29, 1.82) is 0 Å². The number of hydrogen-bond donors (Lipinski definition) is 2. The topological polar surface area (TPSA) is 66.9 Å². The molecule has 126 valence electrons. The molecule has 24 heavy (non-hydrogen) atoms. The van der Waals surface area contributed by atoms with Gasteiger partial charge in [0.15, 0.2) is 0 Å². The minimum Gasteiger partial charge on any atom is -0.310 e. The lowest BCUT2D eigenvalue weighted by atomic mass is 9.95. The molecule has 2 aliphatic rings. The highest BCUT2D eigenvalue weighted by Crippen LogP contribution is 2.41. The van der Waals surface area contributed by atoms with Crippen molar-refractivity contribution in [2.45, 2.75) is 43.4 Å². The maximum absolute atomic E-state index is 12.7. The van der Waals surface area contributed by atoms with E-state index in [1.807, 2.05) is 35.0 Å². The van der Waals surface area contributed by atoms with Crippen LogP contribution < -0.4 is 10.9 Å². The van der Waals surface area contributed by atoms with Crippen LogP contribution in [0.1, 0.15) is 54.5 Å². The van der Waals surface area contributed by atoms with Crippen molar-refractivity contribution in [3.8, 4) is 0 Å². The molecular formula is C18H21N3O2S. The van der Waals surface area contributed by atoms with Gasteiger partial charge in [-0.1, -0.05) is 49.6 Å². The number of amides is 1. The molecule has 1 aromatic heterocycles. The van der Waals surface area contributed by atoms with Gasteiger partial charge in [-0.15, -0.1) is 11.8 Å². The molecule has 1 saturated carbocycles. The monoisotopic (exact) mass is 343 g/mol. The molecule has 1 aliphatic carbocycles. The summed E-state index contributed by atoms with van der Waals surface area (Å²) in [5.74, 6) is 0.997. The van der Waals surface area contributed by atoms with Crippen molar-refractivity contribution >= 4 is 23.5 Å². The van der Waals surface area contributed by atoms with Gasteiger partial charge in [0, 0.05) is 0 Å². The number of carbonyl (C=O) groups is 1. The number of H-pyrrole nitrogens is 1. The fourth-order valence-corrected chi connectivity index (χ4v) is 4.87. The number of benzene rings is 1. The summed E-state index contributed by atoms with van der Waals surface area (Å²) in [5.41, 5.74) is 1.66. The van der Waals surface area contributed by atoms with Crippen LogP contribution in [0.2, 0.25) is 0 Å². The molecule has 1 atom stereocenters. The molecule has 1 amide bonds. The number of nitrogens with one attached hydrogen (secondary N) is 2. The molecule has 4 rings (SSSR count). The van der Waals surface area contributed by atoms with Crippen molar-refractivity contribution in [2.24, 2.45) is 0 Å². The molecule has 1 unspecified atom stereocenters. The van der Waals surface area contributed by atoms with E-state index in [1.54, 1.807) is 0 Å². The van der Waals surface area contributed by atoms with Gasteiger partial charge in [-0.3, -0.25) is 19.4 Å². The van der Waals surface area contributed by atoms with Gasteiger partial charge < -0.3 is 5.32 Å². The highest BCUT2D eigenvalue weighted by molar-refractivity contribution is 8.00. The predicted octanol–water partition coefficient (Wildman–Crippen LogP) is 3.46. The Balaban J connectivity index is 1.82. The number of aromatic nitrogens is 2. The second-order valence-corrected chi connectivity index (χ2v) is 7.61. The van der Waals surface area contributed by atoms with Gasteiger partial charge in [-0.05, 0) is 18.4 Å². The lowest BCUT2D eigenvalue weighted by Gasteiger charge is -2.24. The van der Waals surface area contributed by atoms with E-state index >= 15 is 0 Å². The summed E-state index contributed by atoms with van der Waals surface area (Å²) in [6.45, 7) is 0. The summed E-state index contributed by atoms with van der Waals surface area (Å²) in [4.78, 5) is 24.9. The SMILES string of the molecule is O=C1CSC(c2ccccc2)c2c(n(C3CCCCC3)[nH]c2=O)N1. The molecular weight excluding hydrogens is 322 g/mol. The van der Waals surface area contributed by atoms with Crippen LogP contribution in [0, 0.1) is 0 Å².